The van der Waals surface area contributed by atoms with Gasteiger partial charge in [0.2, 0.25) is 17.6 Å². The van der Waals surface area contributed by atoms with Crippen molar-refractivity contribution in [1.29, 1.82) is 0 Å². The van der Waals surface area contributed by atoms with Crippen LogP contribution in [0.4, 0.5) is 10.5 Å². The van der Waals surface area contributed by atoms with Crippen molar-refractivity contribution in [3.8, 4) is 23.0 Å². The summed E-state index contributed by atoms with van der Waals surface area (Å²) in [6.07, 6.45) is 5.09. The van der Waals surface area contributed by atoms with Crippen molar-refractivity contribution < 1.29 is 74.9 Å². The fourth-order valence-electron chi connectivity index (χ4n) is 9.71. The number of hydrogen-bond donors (Lipinski definition) is 5. The van der Waals surface area contributed by atoms with Gasteiger partial charge in [0.05, 0.1) is 94.2 Å². The van der Waals surface area contributed by atoms with E-state index in [0.717, 1.165) is 33.8 Å². The standard InChI is InChI=1S/C57H71ClN8O16S5/c1-57(2,51(53(69)60-14-21-87(73,74)75)64-46(67)12-16-80-18-19-81-17-13-59-52(68)32-10-11-38-39(24-32)62-42(31-84-9)41(61-38)30-83-8)86-85-20-15-65(3)56(72)82-44-27-43-47(37-26-40(55(71)79-7)63-48(37)44)35(28-58)29-66(43)54(70)34-22-33-25-45(76-4)50(78-6)49(77-5)36(33)23-34/h10-11,22,24-27,35,51,63H,12-21,23,28-31H2,1-9H3,(H,59,68)(H,60,69)(H,64,67)(H,73,74,75)/t35-,51?/m1/s1. The van der Waals surface area contributed by atoms with Gasteiger partial charge in [-0.25, -0.2) is 19.6 Å². The minimum Gasteiger partial charge on any atom is -0.493 e. The summed E-state index contributed by atoms with van der Waals surface area (Å²) in [7, 11) is 5.38. The lowest BCUT2D eigenvalue weighted by Gasteiger charge is -2.33. The molecule has 2 aliphatic rings. The van der Waals surface area contributed by atoms with Gasteiger partial charge in [-0.05, 0) is 73.9 Å². The van der Waals surface area contributed by atoms with Crippen LogP contribution in [-0.2, 0) is 56.6 Å². The Morgan fingerprint density at radius 2 is 1.59 bits per heavy atom. The fourth-order valence-corrected chi connectivity index (χ4v) is 14.0. The summed E-state index contributed by atoms with van der Waals surface area (Å²) in [4.78, 5) is 96.8. The largest absolute Gasteiger partial charge is 0.493 e. The number of benzene rings is 3. The molecule has 2 atom stereocenters. The van der Waals surface area contributed by atoms with Gasteiger partial charge in [-0.3, -0.25) is 23.7 Å². The first-order valence-corrected chi connectivity index (χ1v) is 34.5. The van der Waals surface area contributed by atoms with Crippen LogP contribution in [0.1, 0.15) is 75.1 Å². The number of ether oxygens (including phenoxy) is 7. The average molecular weight is 1320 g/mol. The number of hydrogen-bond acceptors (Lipinski definition) is 21. The lowest BCUT2D eigenvalue weighted by Crippen LogP contribution is -2.56. The molecule has 3 heterocycles. The van der Waals surface area contributed by atoms with Gasteiger partial charge in [0, 0.05) is 108 Å². The van der Waals surface area contributed by atoms with Crippen LogP contribution in [0.2, 0.25) is 0 Å². The third-order valence-corrected chi connectivity index (χ3v) is 19.5. The Morgan fingerprint density at radius 1 is 0.885 bits per heavy atom. The molecule has 30 heteroatoms. The van der Waals surface area contributed by atoms with Crippen molar-refractivity contribution in [2.24, 2.45) is 0 Å². The molecule has 0 saturated carbocycles. The van der Waals surface area contributed by atoms with E-state index in [1.807, 2.05) is 12.5 Å². The molecular weight excluding hydrogens is 1250 g/mol. The van der Waals surface area contributed by atoms with Crippen molar-refractivity contribution >= 4 is 136 Å². The predicted molar refractivity (Wildman–Crippen MR) is 340 cm³/mol. The van der Waals surface area contributed by atoms with E-state index in [4.69, 9.17) is 54.7 Å². The van der Waals surface area contributed by atoms with E-state index in [0.29, 0.717) is 67.6 Å². The first-order valence-electron chi connectivity index (χ1n) is 27.3. The zero-order valence-corrected chi connectivity index (χ0v) is 54.4. The van der Waals surface area contributed by atoms with Crippen molar-refractivity contribution in [2.75, 3.05) is 123 Å². The molecule has 1 aliphatic carbocycles. The number of nitrogens with zero attached hydrogens (tertiary/aromatic N) is 4. The van der Waals surface area contributed by atoms with Gasteiger partial charge >= 0.3 is 12.1 Å². The number of nitrogens with one attached hydrogen (secondary N) is 4. The number of rotatable bonds is 32. The fraction of sp³-hybridized carbons (Fsp3) is 0.474. The normalized spacial score (nSPS) is 14.0. The molecule has 472 valence electrons. The second kappa shape index (κ2) is 31.3. The molecule has 1 unspecified atom stereocenters. The number of carbonyl (C=O) groups excluding carboxylic acids is 6. The Morgan fingerprint density at radius 3 is 2.24 bits per heavy atom. The van der Waals surface area contributed by atoms with Crippen molar-refractivity contribution in [1.82, 2.24) is 35.8 Å². The summed E-state index contributed by atoms with van der Waals surface area (Å²) >= 11 is 9.92. The minimum atomic E-state index is -4.41. The molecule has 24 nitrogen and oxygen atoms in total. The van der Waals surface area contributed by atoms with Crippen LogP contribution in [0.5, 0.6) is 23.0 Å². The quantitative estimate of drug-likeness (QED) is 0.00962. The third kappa shape index (κ3) is 17.2. The van der Waals surface area contributed by atoms with Gasteiger partial charge in [0.1, 0.15) is 11.7 Å². The molecule has 0 saturated heterocycles. The molecule has 0 fully saturated rings. The summed E-state index contributed by atoms with van der Waals surface area (Å²) < 4.78 is 70.4. The lowest BCUT2D eigenvalue weighted by atomic mass is 9.98. The van der Waals surface area contributed by atoms with E-state index in [2.05, 4.69) is 20.9 Å². The van der Waals surface area contributed by atoms with Crippen molar-refractivity contribution in [3.05, 3.63) is 81.3 Å². The molecule has 0 bridgehead atoms. The van der Waals surface area contributed by atoms with Gasteiger partial charge in [-0.2, -0.15) is 31.9 Å². The van der Waals surface area contributed by atoms with Crippen LogP contribution >= 0.6 is 56.7 Å². The first kappa shape index (κ1) is 68.3. The molecule has 1 aliphatic heterocycles. The van der Waals surface area contributed by atoms with Crippen LogP contribution in [0.15, 0.2) is 42.0 Å². The smallest absolute Gasteiger partial charge is 0.415 e. The van der Waals surface area contributed by atoms with Crippen molar-refractivity contribution in [2.45, 2.75) is 54.9 Å². The second-order valence-corrected chi connectivity index (χ2v) is 27.1. The second-order valence-electron chi connectivity index (χ2n) is 20.4. The Labute approximate surface area is 525 Å². The number of anilines is 1. The van der Waals surface area contributed by atoms with E-state index in [1.54, 1.807) is 84.7 Å². The number of halogens is 1. The number of fused-ring (bicyclic) bond motifs is 5. The number of alkyl halides is 1. The Bertz CT molecular complexity index is 3520. The van der Waals surface area contributed by atoms with Crippen LogP contribution in [0.25, 0.3) is 28.0 Å². The Kier molecular flexibility index (Phi) is 24.6. The summed E-state index contributed by atoms with van der Waals surface area (Å²) in [5.74, 6) is -0.490. The maximum atomic E-state index is 14.6. The highest BCUT2D eigenvalue weighted by molar-refractivity contribution is 8.77. The number of thioether (sulfide) groups is 2. The third-order valence-electron chi connectivity index (χ3n) is 14.0. The maximum Gasteiger partial charge on any atom is 0.415 e. The van der Waals surface area contributed by atoms with Gasteiger partial charge in [-0.1, -0.05) is 21.6 Å². The summed E-state index contributed by atoms with van der Waals surface area (Å²) in [5, 5.41) is 8.56. The summed E-state index contributed by atoms with van der Waals surface area (Å²) in [6.45, 7) is 4.02. The van der Waals surface area contributed by atoms with Gasteiger partial charge < -0.3 is 63.9 Å². The molecule has 0 radical (unpaired) electrons. The molecular formula is C57H71ClN8O16S5. The van der Waals surface area contributed by atoms with Gasteiger partial charge in [-0.15, -0.1) is 11.6 Å². The number of aromatic nitrogens is 3. The molecule has 0 spiro atoms. The maximum absolute atomic E-state index is 14.6. The average Bonchev–Trinajstić information content (AvgIpc) is 1.72. The van der Waals surface area contributed by atoms with E-state index < -0.39 is 57.1 Å². The topological polar surface area (TPSA) is 306 Å². The SMILES string of the molecule is COC(=O)c1cc2c3c(cc(OC(=O)N(C)CCSSC(C)(C)C(NC(=O)CCOCCOCCNC(=O)c4ccc5nc(CSC)c(CSC)nc5c4)C(=O)NCCS(=O)(=O)O)c2[nH]1)N(C(=O)C1=Cc2cc(OC)c(OC)c(OC)c2C1)C[C@H]3CCl. The Balaban J connectivity index is 0.918. The van der Waals surface area contributed by atoms with Crippen LogP contribution in [0, 0.1) is 0 Å². The van der Waals surface area contributed by atoms with E-state index in [-0.39, 0.29) is 94.0 Å². The van der Waals surface area contributed by atoms with Crippen LogP contribution in [-0.4, -0.2) is 197 Å². The van der Waals surface area contributed by atoms with E-state index >= 15 is 0 Å². The zero-order valence-electron chi connectivity index (χ0n) is 49.6. The number of carbonyl (C=O) groups is 6. The predicted octanol–water partition coefficient (Wildman–Crippen LogP) is 6.89. The number of H-pyrrole nitrogens is 1. The molecule has 3 aromatic carbocycles. The lowest BCUT2D eigenvalue weighted by molar-refractivity contribution is -0.130. The molecule has 5 aromatic rings. The minimum absolute atomic E-state index is 0.0240. The molecule has 7 rings (SSSR count). The highest BCUT2D eigenvalue weighted by Crippen LogP contribution is 2.49. The van der Waals surface area contributed by atoms with Gasteiger partial charge in [0.15, 0.2) is 17.2 Å². The summed E-state index contributed by atoms with van der Waals surface area (Å²) in [6, 6.07) is 8.94. The monoisotopic (exact) mass is 1320 g/mol. The van der Waals surface area contributed by atoms with Gasteiger partial charge in [0.25, 0.3) is 21.9 Å². The number of esters is 1. The number of amides is 5. The highest BCUT2D eigenvalue weighted by Gasteiger charge is 2.40. The zero-order chi connectivity index (χ0) is 63.2. The van der Waals surface area contributed by atoms with Crippen molar-refractivity contribution in [3.63, 3.8) is 0 Å². The van der Waals surface area contributed by atoms with E-state index in [9.17, 15) is 41.7 Å². The molecule has 87 heavy (non-hydrogen) atoms. The Hall–Kier alpha value is -6.18. The van der Waals surface area contributed by atoms with Crippen LogP contribution in [0.3, 0.4) is 0 Å². The molecule has 2 aromatic heterocycles. The number of aromatic amines is 1. The molecule has 5 amide bonds. The van der Waals surface area contributed by atoms with Crippen LogP contribution < -0.4 is 39.8 Å². The van der Waals surface area contributed by atoms with E-state index in [1.165, 1.54) is 62.0 Å². The molecule has 5 N–H and O–H groups in total. The summed E-state index contributed by atoms with van der Waals surface area (Å²) in [5.41, 5.74) is 7.03. The number of methoxy groups -OCH3 is 4. The highest BCUT2D eigenvalue weighted by atomic mass is 35.5. The first-order chi connectivity index (χ1) is 41.6.